The second-order valence-corrected chi connectivity index (χ2v) is 7.51. The molecule has 0 radical (unpaired) electrons. The monoisotopic (exact) mass is 388 g/mol. The smallest absolute Gasteiger partial charge is 0.312 e. The molecule has 0 N–H and O–H groups in total. The van der Waals surface area contributed by atoms with Gasteiger partial charge in [0.05, 0.1) is 23.1 Å². The van der Waals surface area contributed by atoms with Gasteiger partial charge in [0.15, 0.2) is 16.9 Å². The van der Waals surface area contributed by atoms with E-state index in [0.717, 1.165) is 21.7 Å². The summed E-state index contributed by atoms with van der Waals surface area (Å²) in [6.45, 7) is 3.82. The Kier molecular flexibility index (Phi) is 4.20. The van der Waals surface area contributed by atoms with Gasteiger partial charge in [-0.3, -0.25) is 9.20 Å². The lowest BCUT2D eigenvalue weighted by atomic mass is 10.3. The standard InChI is InChI=1S/C18H17ClN4O2S/c1-10-9-26-18-20-13(8-23(10)18)7-16(24)25-11(2)17-21-14-6-12(19)4-5-15(14)22(17)3/h4-6,8-9,11H,7H2,1-3H3. The van der Waals surface area contributed by atoms with E-state index in [9.17, 15) is 4.79 Å². The van der Waals surface area contributed by atoms with Crippen molar-refractivity contribution >= 4 is 44.9 Å². The van der Waals surface area contributed by atoms with Gasteiger partial charge in [-0.1, -0.05) is 11.6 Å². The summed E-state index contributed by atoms with van der Waals surface area (Å²) >= 11 is 7.58. The highest BCUT2D eigenvalue weighted by atomic mass is 35.5. The van der Waals surface area contributed by atoms with Crippen LogP contribution < -0.4 is 0 Å². The molecule has 134 valence electrons. The van der Waals surface area contributed by atoms with Crippen LogP contribution in [0.15, 0.2) is 29.8 Å². The predicted octanol–water partition coefficient (Wildman–Crippen LogP) is 4.09. The fourth-order valence-corrected chi connectivity index (χ4v) is 4.06. The van der Waals surface area contributed by atoms with Gasteiger partial charge in [0.2, 0.25) is 0 Å². The number of esters is 1. The molecule has 0 fully saturated rings. The van der Waals surface area contributed by atoms with Crippen molar-refractivity contribution in [1.82, 2.24) is 18.9 Å². The average Bonchev–Trinajstić information content (AvgIpc) is 3.22. The third-order valence-corrected chi connectivity index (χ3v) is 5.51. The van der Waals surface area contributed by atoms with Crippen LogP contribution >= 0.6 is 22.9 Å². The number of carbonyl (C=O) groups is 1. The van der Waals surface area contributed by atoms with Gasteiger partial charge in [-0.15, -0.1) is 11.3 Å². The van der Waals surface area contributed by atoms with Crippen molar-refractivity contribution in [3.05, 3.63) is 52.0 Å². The van der Waals surface area contributed by atoms with E-state index in [1.165, 1.54) is 0 Å². The van der Waals surface area contributed by atoms with Crippen molar-refractivity contribution in [2.24, 2.45) is 7.05 Å². The van der Waals surface area contributed by atoms with E-state index in [-0.39, 0.29) is 12.4 Å². The molecule has 4 rings (SSSR count). The molecule has 0 saturated heterocycles. The van der Waals surface area contributed by atoms with Crippen LogP contribution in [0.1, 0.15) is 30.2 Å². The minimum absolute atomic E-state index is 0.133. The number of ether oxygens (including phenoxy) is 1. The van der Waals surface area contributed by atoms with Crippen LogP contribution in [0.25, 0.3) is 16.0 Å². The van der Waals surface area contributed by atoms with Gasteiger partial charge < -0.3 is 9.30 Å². The summed E-state index contributed by atoms with van der Waals surface area (Å²) < 4.78 is 9.48. The molecule has 3 heterocycles. The number of aryl methyl sites for hydroxylation is 2. The summed E-state index contributed by atoms with van der Waals surface area (Å²) in [4.78, 5) is 22.2. The Balaban J connectivity index is 1.51. The van der Waals surface area contributed by atoms with E-state index >= 15 is 0 Å². The molecule has 0 amide bonds. The molecule has 4 aromatic rings. The van der Waals surface area contributed by atoms with Gasteiger partial charge in [-0.2, -0.15) is 0 Å². The zero-order valence-electron chi connectivity index (χ0n) is 14.6. The van der Waals surface area contributed by atoms with Gasteiger partial charge in [0.25, 0.3) is 0 Å². The Morgan fingerprint density at radius 3 is 2.96 bits per heavy atom. The van der Waals surface area contributed by atoms with Gasteiger partial charge in [-0.25, -0.2) is 9.97 Å². The summed E-state index contributed by atoms with van der Waals surface area (Å²) in [6.07, 6.45) is 1.54. The number of aromatic nitrogens is 4. The quantitative estimate of drug-likeness (QED) is 0.494. The highest BCUT2D eigenvalue weighted by molar-refractivity contribution is 7.15. The number of benzene rings is 1. The molecule has 0 bridgehead atoms. The van der Waals surface area contributed by atoms with E-state index in [1.807, 2.05) is 53.6 Å². The van der Waals surface area contributed by atoms with Crippen LogP contribution in [-0.4, -0.2) is 24.9 Å². The van der Waals surface area contributed by atoms with Crippen LogP contribution in [0.4, 0.5) is 0 Å². The maximum absolute atomic E-state index is 12.3. The van der Waals surface area contributed by atoms with Crippen LogP contribution in [0, 0.1) is 6.92 Å². The highest BCUT2D eigenvalue weighted by Gasteiger charge is 2.20. The maximum atomic E-state index is 12.3. The molecule has 0 spiro atoms. The Hall–Kier alpha value is -2.38. The molecule has 0 saturated carbocycles. The van der Waals surface area contributed by atoms with E-state index in [0.29, 0.717) is 16.5 Å². The third kappa shape index (κ3) is 2.97. The van der Waals surface area contributed by atoms with Crippen molar-refractivity contribution in [2.45, 2.75) is 26.4 Å². The highest BCUT2D eigenvalue weighted by Crippen LogP contribution is 2.24. The number of fused-ring (bicyclic) bond motifs is 2. The lowest BCUT2D eigenvalue weighted by molar-refractivity contribution is -0.148. The van der Waals surface area contributed by atoms with E-state index in [1.54, 1.807) is 17.4 Å². The first kappa shape index (κ1) is 17.1. The number of nitrogens with zero attached hydrogens (tertiary/aromatic N) is 4. The number of hydrogen-bond acceptors (Lipinski definition) is 5. The van der Waals surface area contributed by atoms with Gasteiger partial charge in [-0.05, 0) is 32.0 Å². The van der Waals surface area contributed by atoms with E-state index in [2.05, 4.69) is 9.97 Å². The van der Waals surface area contributed by atoms with Gasteiger partial charge >= 0.3 is 5.97 Å². The first-order chi connectivity index (χ1) is 12.4. The normalized spacial score (nSPS) is 12.8. The zero-order chi connectivity index (χ0) is 18.4. The molecule has 1 unspecified atom stereocenters. The summed E-state index contributed by atoms with van der Waals surface area (Å²) in [5.41, 5.74) is 3.53. The second kappa shape index (κ2) is 6.41. The first-order valence-electron chi connectivity index (χ1n) is 8.16. The Morgan fingerprint density at radius 1 is 1.38 bits per heavy atom. The van der Waals surface area contributed by atoms with Crippen LogP contribution in [0.2, 0.25) is 5.02 Å². The lowest BCUT2D eigenvalue weighted by Gasteiger charge is -2.12. The van der Waals surface area contributed by atoms with E-state index < -0.39 is 6.10 Å². The maximum Gasteiger partial charge on any atom is 0.312 e. The van der Waals surface area contributed by atoms with Crippen molar-refractivity contribution in [3.8, 4) is 0 Å². The minimum Gasteiger partial charge on any atom is -0.454 e. The fourth-order valence-electron chi connectivity index (χ4n) is 3.02. The molecule has 3 aromatic heterocycles. The number of halogens is 1. The molecular weight excluding hydrogens is 372 g/mol. The summed E-state index contributed by atoms with van der Waals surface area (Å²) in [5, 5.41) is 2.66. The van der Waals surface area contributed by atoms with Crippen LogP contribution in [0.5, 0.6) is 0 Å². The van der Waals surface area contributed by atoms with Crippen molar-refractivity contribution < 1.29 is 9.53 Å². The van der Waals surface area contributed by atoms with Gasteiger partial charge in [0.1, 0.15) is 0 Å². The lowest BCUT2D eigenvalue weighted by Crippen LogP contribution is -2.14. The van der Waals surface area contributed by atoms with Crippen molar-refractivity contribution in [3.63, 3.8) is 0 Å². The zero-order valence-corrected chi connectivity index (χ0v) is 16.1. The molecule has 0 aliphatic heterocycles. The Bertz CT molecular complexity index is 1130. The molecule has 0 aliphatic carbocycles. The van der Waals surface area contributed by atoms with Crippen LogP contribution in [-0.2, 0) is 23.0 Å². The molecular formula is C18H17ClN4O2S. The van der Waals surface area contributed by atoms with Crippen molar-refractivity contribution in [2.75, 3.05) is 0 Å². The Labute approximate surface area is 159 Å². The number of thiazole rings is 1. The fraction of sp³-hybridized carbons (Fsp3) is 0.278. The number of hydrogen-bond donors (Lipinski definition) is 0. The molecule has 8 heteroatoms. The molecule has 1 atom stereocenters. The summed E-state index contributed by atoms with van der Waals surface area (Å²) in [7, 11) is 1.90. The molecule has 1 aromatic carbocycles. The van der Waals surface area contributed by atoms with Crippen LogP contribution in [0.3, 0.4) is 0 Å². The SMILES string of the molecule is Cc1csc2nc(CC(=O)OC(C)c3nc4cc(Cl)ccc4n3C)cn12. The Morgan fingerprint density at radius 2 is 2.19 bits per heavy atom. The second-order valence-electron chi connectivity index (χ2n) is 6.23. The topological polar surface area (TPSA) is 61.4 Å². The molecule has 26 heavy (non-hydrogen) atoms. The predicted molar refractivity (Wildman–Crippen MR) is 102 cm³/mol. The first-order valence-corrected chi connectivity index (χ1v) is 9.41. The van der Waals surface area contributed by atoms with Gasteiger partial charge in [0, 0.05) is 29.3 Å². The number of carbonyl (C=O) groups excluding carboxylic acids is 1. The molecule has 6 nitrogen and oxygen atoms in total. The average molecular weight is 389 g/mol. The van der Waals surface area contributed by atoms with E-state index in [4.69, 9.17) is 16.3 Å². The van der Waals surface area contributed by atoms with Crippen molar-refractivity contribution in [1.29, 1.82) is 0 Å². The minimum atomic E-state index is -0.468. The number of rotatable bonds is 4. The third-order valence-electron chi connectivity index (χ3n) is 4.31. The number of imidazole rings is 2. The summed E-state index contributed by atoms with van der Waals surface area (Å²) in [6, 6.07) is 5.52. The molecule has 0 aliphatic rings. The largest absolute Gasteiger partial charge is 0.454 e. The summed E-state index contributed by atoms with van der Waals surface area (Å²) in [5.74, 6) is 0.350.